The van der Waals surface area contributed by atoms with Crippen molar-refractivity contribution < 1.29 is 24.9 Å². The van der Waals surface area contributed by atoms with Gasteiger partial charge in [0.2, 0.25) is 11.5 Å². The van der Waals surface area contributed by atoms with Gasteiger partial charge in [0.25, 0.3) is 0 Å². The van der Waals surface area contributed by atoms with Crippen LogP contribution in [0.2, 0.25) is 0 Å². The molecule has 12 nitrogen and oxygen atoms in total. The van der Waals surface area contributed by atoms with Crippen molar-refractivity contribution in [2.24, 2.45) is 5.73 Å². The highest BCUT2D eigenvalue weighted by Gasteiger charge is 2.61. The number of anilines is 1. The number of fused-ring (bicyclic) bond motifs is 2. The molecule has 0 aliphatic carbocycles. The van der Waals surface area contributed by atoms with Crippen molar-refractivity contribution in [3.8, 4) is 0 Å². The second kappa shape index (κ2) is 7.86. The van der Waals surface area contributed by atoms with E-state index in [0.717, 1.165) is 16.5 Å². The number of aliphatic hydroxyl groups excluding tert-OH is 3. The molecule has 5 rings (SSSR count). The molecule has 8 N–H and O–H groups in total. The summed E-state index contributed by atoms with van der Waals surface area (Å²) in [6.07, 6.45) is -0.253. The maximum atomic E-state index is 13.8. The van der Waals surface area contributed by atoms with Crippen LogP contribution < -0.4 is 11.5 Å². The zero-order valence-corrected chi connectivity index (χ0v) is 17.4. The lowest BCUT2D eigenvalue weighted by Crippen LogP contribution is -2.57. The Kier molecular flexibility index (Phi) is 5.11. The fraction of sp³-hybridized carbons (Fsp3) is 0.333. The lowest BCUT2D eigenvalue weighted by Gasteiger charge is -2.34. The van der Waals surface area contributed by atoms with E-state index >= 15 is 0 Å². The second-order valence-corrected chi connectivity index (χ2v) is 8.05. The minimum absolute atomic E-state index is 0.0659. The Labute approximate surface area is 186 Å². The van der Waals surface area contributed by atoms with E-state index in [2.05, 4.69) is 19.9 Å². The zero-order valence-electron chi connectivity index (χ0n) is 17.4. The summed E-state index contributed by atoms with van der Waals surface area (Å²) in [5.74, 6) is -0.650. The number of Topliss-reactive ketones (excluding diaryl/α,β-unsaturated/α-hetero) is 1. The van der Waals surface area contributed by atoms with Gasteiger partial charge in [-0.15, -0.1) is 0 Å². The van der Waals surface area contributed by atoms with E-state index in [1.807, 2.05) is 24.3 Å². The van der Waals surface area contributed by atoms with E-state index in [9.17, 15) is 20.1 Å². The highest BCUT2D eigenvalue weighted by Crippen LogP contribution is 2.39. The summed E-state index contributed by atoms with van der Waals surface area (Å²) in [4.78, 5) is 29.1. The van der Waals surface area contributed by atoms with E-state index in [1.54, 1.807) is 6.20 Å². The molecule has 1 aliphatic rings. The van der Waals surface area contributed by atoms with Crippen molar-refractivity contribution in [1.82, 2.24) is 24.5 Å². The maximum absolute atomic E-state index is 13.8. The molecule has 1 aromatic carbocycles. The quantitative estimate of drug-likeness (QED) is 0.206. The first-order valence-electron chi connectivity index (χ1n) is 10.3. The lowest BCUT2D eigenvalue weighted by molar-refractivity contribution is -0.175. The number of nitrogen functional groups attached to an aromatic ring is 1. The normalized spacial score (nSPS) is 26.2. The average molecular weight is 453 g/mol. The van der Waals surface area contributed by atoms with Gasteiger partial charge in [0.05, 0.1) is 12.6 Å². The lowest BCUT2D eigenvalue weighted by atomic mass is 9.91. The van der Waals surface area contributed by atoms with E-state index in [-0.39, 0.29) is 23.4 Å². The van der Waals surface area contributed by atoms with Gasteiger partial charge in [-0.3, -0.25) is 9.36 Å². The van der Waals surface area contributed by atoms with Crippen LogP contribution in [0.4, 0.5) is 5.82 Å². The van der Waals surface area contributed by atoms with Crippen LogP contribution in [0.25, 0.3) is 22.1 Å². The average Bonchev–Trinajstić information content (AvgIpc) is 3.50. The Hall–Kier alpha value is -3.42. The smallest absolute Gasteiger partial charge is 0.238 e. The molecule has 3 aromatic heterocycles. The minimum Gasteiger partial charge on any atom is -0.394 e. The van der Waals surface area contributed by atoms with Gasteiger partial charge in [-0.25, -0.2) is 15.0 Å². The molecule has 4 aromatic rings. The number of benzene rings is 1. The number of carbonyl (C=O) groups is 1. The Morgan fingerprint density at radius 3 is 2.82 bits per heavy atom. The molecule has 12 heteroatoms. The first kappa shape index (κ1) is 21.4. The monoisotopic (exact) mass is 453 g/mol. The molecule has 33 heavy (non-hydrogen) atoms. The number of H-pyrrole nitrogens is 1. The Morgan fingerprint density at radius 2 is 2.06 bits per heavy atom. The van der Waals surface area contributed by atoms with Gasteiger partial charge in [-0.05, 0) is 18.1 Å². The molecule has 0 spiro atoms. The van der Waals surface area contributed by atoms with Crippen LogP contribution in [0.1, 0.15) is 5.56 Å². The van der Waals surface area contributed by atoms with Crippen LogP contribution in [0, 0.1) is 0 Å². The highest BCUT2D eigenvalue weighted by molar-refractivity contribution is 5.94. The van der Waals surface area contributed by atoms with Crippen LogP contribution in [0.3, 0.4) is 0 Å². The number of nitrogens with one attached hydrogen (secondary N) is 1. The number of carbonyl (C=O) groups excluding carboxylic acids is 1. The summed E-state index contributed by atoms with van der Waals surface area (Å²) in [5, 5.41) is 32.1. The number of aliphatic hydroxyl groups is 3. The van der Waals surface area contributed by atoms with Crippen LogP contribution >= 0.6 is 0 Å². The summed E-state index contributed by atoms with van der Waals surface area (Å²) < 4.78 is 7.03. The van der Waals surface area contributed by atoms with E-state index in [0.29, 0.717) is 0 Å². The number of hydrogen-bond acceptors (Lipinski definition) is 10. The van der Waals surface area contributed by atoms with Crippen molar-refractivity contribution in [3.63, 3.8) is 0 Å². The molecule has 172 valence electrons. The van der Waals surface area contributed by atoms with Crippen molar-refractivity contribution >= 4 is 33.7 Å². The summed E-state index contributed by atoms with van der Waals surface area (Å²) in [6, 6.07) is 6.44. The van der Waals surface area contributed by atoms with Gasteiger partial charge in [-0.2, -0.15) is 0 Å². The number of ketones is 1. The van der Waals surface area contributed by atoms with Crippen molar-refractivity contribution in [3.05, 3.63) is 48.7 Å². The summed E-state index contributed by atoms with van der Waals surface area (Å²) in [5.41, 5.74) is 12.0. The predicted octanol–water partition coefficient (Wildman–Crippen LogP) is -1.21. The van der Waals surface area contributed by atoms with E-state index < -0.39 is 42.5 Å². The molecule has 0 amide bonds. The van der Waals surface area contributed by atoms with Gasteiger partial charge in [0.1, 0.15) is 36.5 Å². The molecule has 5 atom stereocenters. The second-order valence-electron chi connectivity index (χ2n) is 8.05. The molecular weight excluding hydrogens is 430 g/mol. The van der Waals surface area contributed by atoms with E-state index in [1.165, 1.54) is 17.2 Å². The molecule has 1 saturated heterocycles. The fourth-order valence-corrected chi connectivity index (χ4v) is 4.46. The molecule has 0 unspecified atom stereocenters. The highest BCUT2D eigenvalue weighted by atomic mass is 16.6. The van der Waals surface area contributed by atoms with Crippen molar-refractivity contribution in [2.45, 2.75) is 36.5 Å². The third-order valence-electron chi connectivity index (χ3n) is 6.14. The fourth-order valence-electron chi connectivity index (χ4n) is 4.46. The van der Waals surface area contributed by atoms with Gasteiger partial charge in [0.15, 0.2) is 11.5 Å². The van der Waals surface area contributed by atoms with Crippen LogP contribution in [0.5, 0.6) is 0 Å². The van der Waals surface area contributed by atoms with Crippen molar-refractivity contribution in [2.75, 3.05) is 12.3 Å². The number of imidazole rings is 1. The number of hydrogen-bond donors (Lipinski definition) is 6. The Bertz CT molecular complexity index is 1340. The molecule has 1 aliphatic heterocycles. The standard InChI is InChI=1S/C21H23N7O5/c22-12(5-10-6-24-13-4-2-1-3-11(10)13)17(31)21(18(32)16(30)14(7-29)33-21)28-9-27-15-19(23)25-8-26-20(15)28/h1-4,6,8-9,12,14,16,18,24,29-30,32H,5,7,22H2,(H2,23,25,26)/t12-,14+,16+,18+,21+/m0/s1. The van der Waals surface area contributed by atoms with Crippen LogP contribution in [0.15, 0.2) is 43.1 Å². The number of rotatable bonds is 6. The number of aromatic amines is 1. The third-order valence-corrected chi connectivity index (χ3v) is 6.14. The molecule has 4 heterocycles. The van der Waals surface area contributed by atoms with E-state index in [4.69, 9.17) is 16.2 Å². The predicted molar refractivity (Wildman–Crippen MR) is 117 cm³/mol. The third kappa shape index (κ3) is 3.11. The number of aromatic nitrogens is 5. The zero-order chi connectivity index (χ0) is 23.3. The number of nitrogens with zero attached hydrogens (tertiary/aromatic N) is 4. The van der Waals surface area contributed by atoms with Crippen molar-refractivity contribution in [1.29, 1.82) is 0 Å². The molecule has 0 saturated carbocycles. The summed E-state index contributed by atoms with van der Waals surface area (Å²) in [6.45, 7) is -0.630. The minimum atomic E-state index is -2.19. The Balaban J connectivity index is 1.60. The van der Waals surface area contributed by atoms with Gasteiger partial charge < -0.3 is 36.5 Å². The number of ether oxygens (including phenoxy) is 1. The molecular formula is C21H23N7O5. The van der Waals surface area contributed by atoms with Gasteiger partial charge >= 0.3 is 0 Å². The molecule has 0 bridgehead atoms. The van der Waals surface area contributed by atoms with Crippen LogP contribution in [-0.4, -0.2) is 76.6 Å². The largest absolute Gasteiger partial charge is 0.394 e. The van der Waals surface area contributed by atoms with Gasteiger partial charge in [-0.1, -0.05) is 18.2 Å². The first-order chi connectivity index (χ1) is 15.9. The molecule has 0 radical (unpaired) electrons. The Morgan fingerprint density at radius 1 is 1.27 bits per heavy atom. The van der Waals surface area contributed by atoms with Gasteiger partial charge in [0, 0.05) is 17.1 Å². The maximum Gasteiger partial charge on any atom is 0.238 e. The molecule has 1 fully saturated rings. The topological polar surface area (TPSA) is 198 Å². The SMILES string of the molecule is Nc1ncnc2c1ncn2[C@]1(C(=O)[C@@H](N)Cc2c[nH]c3ccccc23)O[C@H](CO)[C@@H](O)[C@H]1O. The first-order valence-corrected chi connectivity index (χ1v) is 10.3. The summed E-state index contributed by atoms with van der Waals surface area (Å²) in [7, 11) is 0. The van der Waals surface area contributed by atoms with Crippen LogP contribution in [-0.2, 0) is 21.7 Å². The number of nitrogens with two attached hydrogens (primary N) is 2. The summed E-state index contributed by atoms with van der Waals surface area (Å²) >= 11 is 0. The number of para-hydroxylation sites is 1.